The van der Waals surface area contributed by atoms with E-state index in [-0.39, 0.29) is 16.5 Å². The van der Waals surface area contributed by atoms with Crippen LogP contribution in [0.5, 0.6) is 11.5 Å². The van der Waals surface area contributed by atoms with Crippen molar-refractivity contribution in [2.75, 3.05) is 13.2 Å². The van der Waals surface area contributed by atoms with Gasteiger partial charge in [-0.25, -0.2) is 0 Å². The number of benzene rings is 2. The average molecular weight is 502 g/mol. The molecule has 1 N–H and O–H groups in total. The molecule has 3 rings (SSSR count). The van der Waals surface area contributed by atoms with Crippen LogP contribution in [-0.2, 0) is 11.2 Å². The van der Waals surface area contributed by atoms with E-state index >= 15 is 0 Å². The molecular weight excluding hydrogens is 482 g/mol. The lowest BCUT2D eigenvalue weighted by molar-refractivity contribution is -0.123. The van der Waals surface area contributed by atoms with Crippen molar-refractivity contribution >= 4 is 51.7 Å². The fourth-order valence-electron chi connectivity index (χ4n) is 2.96. The summed E-state index contributed by atoms with van der Waals surface area (Å²) in [6.45, 7) is 4.08. The second-order valence-electron chi connectivity index (χ2n) is 6.87. The lowest BCUT2D eigenvalue weighted by atomic mass is 10.1. The highest BCUT2D eigenvalue weighted by molar-refractivity contribution is 8.26. The van der Waals surface area contributed by atoms with Crippen LogP contribution >= 0.6 is 35.6 Å². The summed E-state index contributed by atoms with van der Waals surface area (Å²) in [4.78, 5) is 25.8. The molecule has 10 heteroatoms. The Morgan fingerprint density at radius 1 is 1.27 bits per heavy atom. The van der Waals surface area contributed by atoms with Crippen molar-refractivity contribution in [3.05, 3.63) is 69.1 Å². The number of ether oxygens (including phenoxy) is 2. The Hall–Kier alpha value is -3.06. The molecule has 1 aliphatic rings. The summed E-state index contributed by atoms with van der Waals surface area (Å²) in [6, 6.07) is 12.3. The zero-order chi connectivity index (χ0) is 24.0. The molecule has 0 spiro atoms. The van der Waals surface area contributed by atoms with E-state index in [2.05, 4.69) is 5.43 Å². The number of hydrogen-bond donors (Lipinski definition) is 1. The first-order valence-electron chi connectivity index (χ1n) is 9.93. The number of hydrazine groups is 1. The van der Waals surface area contributed by atoms with Crippen LogP contribution in [-0.4, -0.2) is 34.4 Å². The van der Waals surface area contributed by atoms with Crippen molar-refractivity contribution in [1.29, 1.82) is 5.26 Å². The minimum absolute atomic E-state index is 0.0819. The van der Waals surface area contributed by atoms with Crippen LogP contribution in [0.3, 0.4) is 0 Å². The maximum absolute atomic E-state index is 12.8. The normalized spacial score (nSPS) is 14.4. The SMILES string of the molecule is CCOc1cc(C/C=C2\SC(=S)N(NC(=O)c3ccc(C)cc3Cl)C2=O)ccc1OCC#N. The van der Waals surface area contributed by atoms with Crippen LogP contribution in [0.2, 0.25) is 5.02 Å². The summed E-state index contributed by atoms with van der Waals surface area (Å²) in [5.41, 5.74) is 4.58. The van der Waals surface area contributed by atoms with E-state index in [4.69, 9.17) is 38.6 Å². The summed E-state index contributed by atoms with van der Waals surface area (Å²) in [6.07, 6.45) is 2.17. The van der Waals surface area contributed by atoms with Gasteiger partial charge in [-0.3, -0.25) is 15.0 Å². The minimum atomic E-state index is -0.521. The molecule has 0 radical (unpaired) electrons. The van der Waals surface area contributed by atoms with Crippen LogP contribution in [0.1, 0.15) is 28.4 Å². The Labute approximate surface area is 206 Å². The Bertz CT molecular complexity index is 1180. The highest BCUT2D eigenvalue weighted by atomic mass is 35.5. The van der Waals surface area contributed by atoms with Gasteiger partial charge in [-0.05, 0) is 67.9 Å². The van der Waals surface area contributed by atoms with E-state index in [1.807, 2.05) is 26.0 Å². The maximum atomic E-state index is 12.8. The van der Waals surface area contributed by atoms with Crippen LogP contribution in [0.4, 0.5) is 0 Å². The maximum Gasteiger partial charge on any atom is 0.284 e. The predicted octanol–water partition coefficient (Wildman–Crippen LogP) is 4.58. The molecule has 1 saturated heterocycles. The van der Waals surface area contributed by atoms with Crippen molar-refractivity contribution in [3.63, 3.8) is 0 Å². The monoisotopic (exact) mass is 501 g/mol. The van der Waals surface area contributed by atoms with E-state index in [0.29, 0.717) is 34.5 Å². The van der Waals surface area contributed by atoms with Crippen LogP contribution in [0.15, 0.2) is 47.4 Å². The number of nitrogens with zero attached hydrogens (tertiary/aromatic N) is 2. The molecule has 1 aliphatic heterocycles. The molecule has 7 nitrogen and oxygen atoms in total. The first kappa shape index (κ1) is 24.6. The molecule has 0 bridgehead atoms. The van der Waals surface area contributed by atoms with Crippen molar-refractivity contribution in [2.24, 2.45) is 0 Å². The largest absolute Gasteiger partial charge is 0.490 e. The summed E-state index contributed by atoms with van der Waals surface area (Å²) >= 11 is 12.5. The van der Waals surface area contributed by atoms with Gasteiger partial charge in [0.1, 0.15) is 6.07 Å². The zero-order valence-electron chi connectivity index (χ0n) is 17.9. The molecule has 2 aromatic rings. The Balaban J connectivity index is 1.71. The van der Waals surface area contributed by atoms with E-state index in [1.165, 1.54) is 0 Å². The smallest absolute Gasteiger partial charge is 0.284 e. The van der Waals surface area contributed by atoms with Crippen molar-refractivity contribution in [2.45, 2.75) is 20.3 Å². The third kappa shape index (κ3) is 6.05. The van der Waals surface area contributed by atoms with Gasteiger partial charge >= 0.3 is 0 Å². The van der Waals surface area contributed by atoms with Gasteiger partial charge in [-0.15, -0.1) is 0 Å². The number of halogens is 1. The topological polar surface area (TPSA) is 91.7 Å². The number of amides is 2. The molecule has 170 valence electrons. The van der Waals surface area contributed by atoms with Gasteiger partial charge in [0.25, 0.3) is 11.8 Å². The second kappa shape index (κ2) is 11.2. The first-order chi connectivity index (χ1) is 15.8. The number of nitrogens with one attached hydrogen (secondary N) is 1. The number of nitriles is 1. The van der Waals surface area contributed by atoms with Crippen molar-refractivity contribution in [1.82, 2.24) is 10.4 Å². The molecule has 33 heavy (non-hydrogen) atoms. The van der Waals surface area contributed by atoms with Crippen molar-refractivity contribution in [3.8, 4) is 17.6 Å². The van der Waals surface area contributed by atoms with Crippen LogP contribution in [0, 0.1) is 18.3 Å². The molecule has 2 amide bonds. The molecule has 2 aromatic carbocycles. The van der Waals surface area contributed by atoms with E-state index in [9.17, 15) is 9.59 Å². The van der Waals surface area contributed by atoms with Gasteiger partial charge in [0.05, 0.1) is 22.1 Å². The summed E-state index contributed by atoms with van der Waals surface area (Å²) in [5, 5.41) is 10.1. The lowest BCUT2D eigenvalue weighted by Crippen LogP contribution is -2.44. The highest BCUT2D eigenvalue weighted by Gasteiger charge is 2.33. The fraction of sp³-hybridized carbons (Fsp3) is 0.217. The molecule has 0 atom stereocenters. The number of thiocarbonyl (C=S) groups is 1. The standard InChI is InChI=1S/C23H20ClN3O4S2/c1-3-30-19-13-15(5-8-18(19)31-11-10-25)6-9-20-22(29)27(23(32)33-20)26-21(28)16-7-4-14(2)12-17(16)24/h4-5,7-9,12-13H,3,6,11H2,1-2H3,(H,26,28)/b20-9-. The average Bonchev–Trinajstić information content (AvgIpc) is 3.04. The number of hydrogen-bond acceptors (Lipinski definition) is 7. The molecule has 0 saturated carbocycles. The second-order valence-corrected chi connectivity index (χ2v) is 8.95. The van der Waals surface area contributed by atoms with Gasteiger partial charge < -0.3 is 9.47 Å². The van der Waals surface area contributed by atoms with Gasteiger partial charge in [0, 0.05) is 0 Å². The van der Waals surface area contributed by atoms with E-state index in [0.717, 1.165) is 27.9 Å². The van der Waals surface area contributed by atoms with Crippen molar-refractivity contribution < 1.29 is 19.1 Å². The summed E-state index contributed by atoms with van der Waals surface area (Å²) < 4.78 is 11.2. The van der Waals surface area contributed by atoms with Crippen LogP contribution in [0.25, 0.3) is 0 Å². The third-order valence-electron chi connectivity index (χ3n) is 4.50. The molecule has 0 aliphatic carbocycles. The molecule has 1 heterocycles. The minimum Gasteiger partial charge on any atom is -0.490 e. The van der Waals surface area contributed by atoms with Gasteiger partial charge in [0.2, 0.25) is 0 Å². The van der Waals surface area contributed by atoms with Crippen LogP contribution < -0.4 is 14.9 Å². The Morgan fingerprint density at radius 3 is 2.76 bits per heavy atom. The van der Waals surface area contributed by atoms with E-state index in [1.54, 1.807) is 36.4 Å². The Morgan fingerprint density at radius 2 is 2.06 bits per heavy atom. The number of carbonyl (C=O) groups is 2. The number of carbonyl (C=O) groups excluding carboxylic acids is 2. The highest BCUT2D eigenvalue weighted by Crippen LogP contribution is 2.32. The third-order valence-corrected chi connectivity index (χ3v) is 6.16. The van der Waals surface area contributed by atoms with Gasteiger partial charge in [-0.2, -0.15) is 10.3 Å². The summed E-state index contributed by atoms with van der Waals surface area (Å²) in [7, 11) is 0. The zero-order valence-corrected chi connectivity index (χ0v) is 20.3. The quantitative estimate of drug-likeness (QED) is 0.418. The van der Waals surface area contributed by atoms with Gasteiger partial charge in [-0.1, -0.05) is 41.6 Å². The van der Waals surface area contributed by atoms with E-state index < -0.39 is 11.8 Å². The molecule has 0 unspecified atom stereocenters. The Kier molecular flexibility index (Phi) is 8.33. The first-order valence-corrected chi connectivity index (χ1v) is 11.5. The number of rotatable bonds is 8. The summed E-state index contributed by atoms with van der Waals surface area (Å²) in [5.74, 6) is 0.0619. The fourth-order valence-corrected chi connectivity index (χ4v) is 4.43. The molecular formula is C23H20ClN3O4S2. The number of allylic oxidation sites excluding steroid dienone is 1. The number of aryl methyl sites for hydroxylation is 1. The lowest BCUT2D eigenvalue weighted by Gasteiger charge is -2.16. The predicted molar refractivity (Wildman–Crippen MR) is 131 cm³/mol. The molecule has 1 fully saturated rings. The number of thioether (sulfide) groups is 1. The van der Waals surface area contributed by atoms with Gasteiger partial charge in [0.15, 0.2) is 22.4 Å². The molecule has 0 aromatic heterocycles.